The molecule has 96 valence electrons. The lowest BCUT2D eigenvalue weighted by atomic mass is 10.0. The van der Waals surface area contributed by atoms with Gasteiger partial charge in [0.05, 0.1) is 5.97 Å². The zero-order chi connectivity index (χ0) is 13.8. The number of carbonyl (C=O) groups is 1. The van der Waals surface area contributed by atoms with Crippen LogP contribution in [0.2, 0.25) is 5.02 Å². The van der Waals surface area contributed by atoms with Gasteiger partial charge in [0, 0.05) is 10.6 Å². The van der Waals surface area contributed by atoms with Crippen LogP contribution in [0.25, 0.3) is 11.6 Å². The van der Waals surface area contributed by atoms with E-state index >= 15 is 0 Å². The van der Waals surface area contributed by atoms with Crippen molar-refractivity contribution in [2.24, 2.45) is 0 Å². The van der Waals surface area contributed by atoms with E-state index in [2.05, 4.69) is 0 Å². The van der Waals surface area contributed by atoms with Crippen molar-refractivity contribution in [2.75, 3.05) is 0 Å². The van der Waals surface area contributed by atoms with E-state index in [1.54, 1.807) is 24.3 Å². The third kappa shape index (κ3) is 3.42. The van der Waals surface area contributed by atoms with Crippen LogP contribution in [0, 0.1) is 5.82 Å². The summed E-state index contributed by atoms with van der Waals surface area (Å²) >= 11 is 5.75. The summed E-state index contributed by atoms with van der Waals surface area (Å²) in [6.45, 7) is 0. The third-order valence-electron chi connectivity index (χ3n) is 2.56. The SMILES string of the molecule is O=C([O-])/C(=C\c1ccc(Cl)cc1)c1ccc(F)cc1. The summed E-state index contributed by atoms with van der Waals surface area (Å²) in [5.74, 6) is -1.74. The van der Waals surface area contributed by atoms with Gasteiger partial charge >= 0.3 is 0 Å². The maximum absolute atomic E-state index is 12.8. The summed E-state index contributed by atoms with van der Waals surface area (Å²) in [4.78, 5) is 11.2. The Morgan fingerprint density at radius 3 is 2.16 bits per heavy atom. The van der Waals surface area contributed by atoms with Gasteiger partial charge < -0.3 is 9.90 Å². The van der Waals surface area contributed by atoms with Crippen LogP contribution in [0.4, 0.5) is 4.39 Å². The Bertz CT molecular complexity index is 616. The fraction of sp³-hybridized carbons (Fsp3) is 0. The van der Waals surface area contributed by atoms with Gasteiger partial charge in [0.25, 0.3) is 0 Å². The first-order valence-corrected chi connectivity index (χ1v) is 5.88. The number of hydrogen-bond donors (Lipinski definition) is 0. The van der Waals surface area contributed by atoms with E-state index in [1.165, 1.54) is 30.3 Å². The van der Waals surface area contributed by atoms with Crippen molar-refractivity contribution in [3.05, 3.63) is 70.5 Å². The average Bonchev–Trinajstić information content (AvgIpc) is 2.39. The zero-order valence-corrected chi connectivity index (χ0v) is 10.5. The van der Waals surface area contributed by atoms with Gasteiger partial charge in [-0.1, -0.05) is 35.9 Å². The minimum absolute atomic E-state index is 0.0117. The van der Waals surface area contributed by atoms with Crippen LogP contribution < -0.4 is 5.11 Å². The van der Waals surface area contributed by atoms with E-state index in [9.17, 15) is 14.3 Å². The van der Waals surface area contributed by atoms with Crippen molar-refractivity contribution >= 4 is 29.2 Å². The summed E-state index contributed by atoms with van der Waals surface area (Å²) in [6, 6.07) is 11.9. The lowest BCUT2D eigenvalue weighted by Crippen LogP contribution is -2.23. The Labute approximate surface area is 114 Å². The van der Waals surface area contributed by atoms with Crippen LogP contribution >= 0.6 is 11.6 Å². The fourth-order valence-electron chi connectivity index (χ4n) is 1.62. The number of carboxylic acids is 1. The number of halogens is 2. The van der Waals surface area contributed by atoms with Crippen LogP contribution in [0.1, 0.15) is 11.1 Å². The third-order valence-corrected chi connectivity index (χ3v) is 2.81. The highest BCUT2D eigenvalue weighted by Gasteiger charge is 2.03. The normalized spacial score (nSPS) is 11.4. The number of benzene rings is 2. The van der Waals surface area contributed by atoms with E-state index < -0.39 is 11.8 Å². The molecule has 0 heterocycles. The summed E-state index contributed by atoms with van der Waals surface area (Å²) in [6.07, 6.45) is 1.46. The van der Waals surface area contributed by atoms with E-state index in [1.807, 2.05) is 0 Å². The van der Waals surface area contributed by atoms with Gasteiger partial charge in [0.1, 0.15) is 5.82 Å². The van der Waals surface area contributed by atoms with Crippen LogP contribution in [-0.2, 0) is 4.79 Å². The van der Waals surface area contributed by atoms with Crippen LogP contribution in [-0.4, -0.2) is 5.97 Å². The van der Waals surface area contributed by atoms with Crippen molar-refractivity contribution < 1.29 is 14.3 Å². The molecule has 0 aliphatic rings. The summed E-state index contributed by atoms with van der Waals surface area (Å²) in [7, 11) is 0. The monoisotopic (exact) mass is 275 g/mol. The molecular formula is C15H9ClFO2-. The van der Waals surface area contributed by atoms with E-state index in [0.29, 0.717) is 16.1 Å². The van der Waals surface area contributed by atoms with Crippen molar-refractivity contribution in [3.63, 3.8) is 0 Å². The largest absolute Gasteiger partial charge is 0.545 e. The maximum atomic E-state index is 12.8. The Morgan fingerprint density at radius 1 is 1.05 bits per heavy atom. The number of aliphatic carboxylic acids is 1. The van der Waals surface area contributed by atoms with Crippen LogP contribution in [0.3, 0.4) is 0 Å². The van der Waals surface area contributed by atoms with Crippen molar-refractivity contribution in [1.29, 1.82) is 0 Å². The zero-order valence-electron chi connectivity index (χ0n) is 9.77. The first-order valence-electron chi connectivity index (χ1n) is 5.51. The Hall–Kier alpha value is -2.13. The van der Waals surface area contributed by atoms with E-state index in [4.69, 9.17) is 11.6 Å². The second kappa shape index (κ2) is 5.67. The molecule has 0 fully saturated rings. The van der Waals surface area contributed by atoms with Gasteiger partial charge in [-0.05, 0) is 41.5 Å². The van der Waals surface area contributed by atoms with Crippen molar-refractivity contribution in [1.82, 2.24) is 0 Å². The molecule has 2 rings (SSSR count). The molecule has 0 saturated carbocycles. The van der Waals surface area contributed by atoms with Gasteiger partial charge in [-0.2, -0.15) is 0 Å². The second-order valence-electron chi connectivity index (χ2n) is 3.90. The minimum atomic E-state index is -1.32. The van der Waals surface area contributed by atoms with Gasteiger partial charge in [-0.15, -0.1) is 0 Å². The average molecular weight is 276 g/mol. The van der Waals surface area contributed by atoms with Crippen molar-refractivity contribution in [3.8, 4) is 0 Å². The molecule has 2 aromatic carbocycles. The molecule has 0 N–H and O–H groups in total. The van der Waals surface area contributed by atoms with Crippen molar-refractivity contribution in [2.45, 2.75) is 0 Å². The Morgan fingerprint density at radius 2 is 1.63 bits per heavy atom. The highest BCUT2D eigenvalue weighted by molar-refractivity contribution is 6.30. The van der Waals surface area contributed by atoms with E-state index in [-0.39, 0.29) is 5.57 Å². The predicted molar refractivity (Wildman–Crippen MR) is 70.7 cm³/mol. The topological polar surface area (TPSA) is 40.1 Å². The second-order valence-corrected chi connectivity index (χ2v) is 4.34. The molecule has 0 amide bonds. The molecule has 4 heteroatoms. The van der Waals surface area contributed by atoms with Gasteiger partial charge in [0.15, 0.2) is 0 Å². The molecule has 0 atom stereocenters. The van der Waals surface area contributed by atoms with Gasteiger partial charge in [-0.25, -0.2) is 4.39 Å². The highest BCUT2D eigenvalue weighted by Crippen LogP contribution is 2.19. The molecule has 0 spiro atoms. The molecule has 0 aliphatic carbocycles. The number of carbonyl (C=O) groups excluding carboxylic acids is 1. The maximum Gasteiger partial charge on any atom is 0.123 e. The molecule has 0 bridgehead atoms. The summed E-state index contributed by atoms with van der Waals surface area (Å²) < 4.78 is 12.8. The summed E-state index contributed by atoms with van der Waals surface area (Å²) in [5, 5.41) is 11.7. The van der Waals surface area contributed by atoms with Gasteiger partial charge in [0.2, 0.25) is 0 Å². The number of rotatable bonds is 3. The molecule has 19 heavy (non-hydrogen) atoms. The predicted octanol–water partition coefficient (Wildman–Crippen LogP) is 2.77. The number of carboxylic acid groups (broad SMARTS) is 1. The quantitative estimate of drug-likeness (QED) is 0.638. The molecule has 2 aromatic rings. The van der Waals surface area contributed by atoms with Crippen LogP contribution in [0.5, 0.6) is 0 Å². The lowest BCUT2D eigenvalue weighted by molar-refractivity contribution is -0.295. The van der Waals surface area contributed by atoms with Gasteiger partial charge in [-0.3, -0.25) is 0 Å². The number of hydrogen-bond acceptors (Lipinski definition) is 2. The molecular weight excluding hydrogens is 267 g/mol. The summed E-state index contributed by atoms with van der Waals surface area (Å²) in [5.41, 5.74) is 1.05. The molecule has 0 aromatic heterocycles. The molecule has 2 nitrogen and oxygen atoms in total. The highest BCUT2D eigenvalue weighted by atomic mass is 35.5. The first-order chi connectivity index (χ1) is 9.06. The van der Waals surface area contributed by atoms with E-state index in [0.717, 1.165) is 0 Å². The first kappa shape index (κ1) is 13.3. The fourth-order valence-corrected chi connectivity index (χ4v) is 1.74. The molecule has 0 radical (unpaired) electrons. The standard InChI is InChI=1S/C15H10ClFO2/c16-12-5-1-10(2-6-12)9-14(15(18)19)11-3-7-13(17)8-4-11/h1-9H,(H,18,19)/p-1/b14-9-. The Balaban J connectivity index is 2.43. The van der Waals surface area contributed by atoms with Crippen LogP contribution in [0.15, 0.2) is 48.5 Å². The Kier molecular flexibility index (Phi) is 3.97. The lowest BCUT2D eigenvalue weighted by Gasteiger charge is -2.09. The molecule has 0 aliphatic heterocycles. The molecule has 0 unspecified atom stereocenters. The smallest absolute Gasteiger partial charge is 0.123 e. The minimum Gasteiger partial charge on any atom is -0.545 e. The molecule has 0 saturated heterocycles.